The average Bonchev–Trinajstić information content (AvgIpc) is 2.73. The molecule has 0 aliphatic heterocycles. The summed E-state index contributed by atoms with van der Waals surface area (Å²) in [5.74, 6) is 0. The van der Waals surface area contributed by atoms with Gasteiger partial charge >= 0.3 is 5.00 Å². The molecule has 114 valence electrons. The number of aliphatic hydroxyl groups excluding tert-OH is 1. The van der Waals surface area contributed by atoms with E-state index in [1.165, 1.54) is 17.8 Å². The fraction of sp³-hybridized carbons (Fsp3) is 0.600. The maximum absolute atomic E-state index is 12.2. The number of nitrogens with one attached hydrogen (secondary N) is 1. The first kappa shape index (κ1) is 17.4. The molecule has 7 nitrogen and oxygen atoms in total. The third-order valence-corrected chi connectivity index (χ3v) is 6.51. The van der Waals surface area contributed by atoms with Crippen LogP contribution >= 0.6 is 23.1 Å². The zero-order chi connectivity index (χ0) is 15.5. The van der Waals surface area contributed by atoms with E-state index >= 15 is 0 Å². The smallest absolute Gasteiger partial charge is 0.344 e. The van der Waals surface area contributed by atoms with Crippen molar-refractivity contribution >= 4 is 38.1 Å². The third kappa shape index (κ3) is 3.92. The predicted molar refractivity (Wildman–Crippen MR) is 79.9 cm³/mol. The molecule has 2 unspecified atom stereocenters. The van der Waals surface area contributed by atoms with Gasteiger partial charge in [-0.1, -0.05) is 11.3 Å². The summed E-state index contributed by atoms with van der Waals surface area (Å²) in [6, 6.07) is 0.741. The lowest BCUT2D eigenvalue weighted by atomic mass is 10.3. The van der Waals surface area contributed by atoms with E-state index < -0.39 is 26.0 Å². The Kier molecular flexibility index (Phi) is 5.95. The summed E-state index contributed by atoms with van der Waals surface area (Å²) < 4.78 is 26.8. The number of nitro groups is 1. The molecule has 2 N–H and O–H groups in total. The number of sulfonamides is 1. The SMILES string of the molecule is CSC(CO)C(C)NS(=O)(=O)c1cc(C)sc1[N+](=O)[O-]. The lowest BCUT2D eigenvalue weighted by Crippen LogP contribution is -2.41. The molecular formula is C10H16N2O5S3. The molecule has 10 heteroatoms. The summed E-state index contributed by atoms with van der Waals surface area (Å²) >= 11 is 2.14. The van der Waals surface area contributed by atoms with Gasteiger partial charge in [-0.05, 0) is 26.2 Å². The highest BCUT2D eigenvalue weighted by atomic mass is 32.2. The van der Waals surface area contributed by atoms with Crippen LogP contribution in [0.5, 0.6) is 0 Å². The lowest BCUT2D eigenvalue weighted by molar-refractivity contribution is -0.383. The van der Waals surface area contributed by atoms with Crippen molar-refractivity contribution < 1.29 is 18.4 Å². The van der Waals surface area contributed by atoms with E-state index in [1.807, 2.05) is 0 Å². The number of rotatable bonds is 7. The highest BCUT2D eigenvalue weighted by Gasteiger charge is 2.31. The molecular weight excluding hydrogens is 324 g/mol. The van der Waals surface area contributed by atoms with E-state index in [1.54, 1.807) is 20.1 Å². The predicted octanol–water partition coefficient (Wildman–Crippen LogP) is 1.36. The van der Waals surface area contributed by atoms with Gasteiger partial charge in [0.2, 0.25) is 10.0 Å². The Bertz CT molecular complexity index is 580. The molecule has 0 amide bonds. The van der Waals surface area contributed by atoms with Gasteiger partial charge in [0.05, 0.1) is 11.5 Å². The molecule has 2 atom stereocenters. The van der Waals surface area contributed by atoms with Gasteiger partial charge in [-0.2, -0.15) is 11.8 Å². The minimum absolute atomic E-state index is 0.185. The molecule has 0 bridgehead atoms. The summed E-state index contributed by atoms with van der Waals surface area (Å²) in [4.78, 5) is 10.4. The minimum atomic E-state index is -3.99. The Labute approximate surface area is 125 Å². The zero-order valence-electron chi connectivity index (χ0n) is 11.2. The van der Waals surface area contributed by atoms with Gasteiger partial charge in [0.15, 0.2) is 4.90 Å². The number of aliphatic hydroxyl groups is 1. The highest BCUT2D eigenvalue weighted by molar-refractivity contribution is 7.99. The van der Waals surface area contributed by atoms with Crippen LogP contribution in [0.1, 0.15) is 11.8 Å². The fourth-order valence-corrected chi connectivity index (χ4v) is 4.99. The molecule has 0 spiro atoms. The monoisotopic (exact) mass is 340 g/mol. The van der Waals surface area contributed by atoms with Crippen LogP contribution in [0.25, 0.3) is 0 Å². The fourth-order valence-electron chi connectivity index (χ4n) is 1.62. The van der Waals surface area contributed by atoms with Crippen LogP contribution in [0, 0.1) is 17.0 Å². The number of hydrogen-bond acceptors (Lipinski definition) is 7. The van der Waals surface area contributed by atoms with Crippen LogP contribution in [0.3, 0.4) is 0 Å². The van der Waals surface area contributed by atoms with Crippen molar-refractivity contribution in [1.82, 2.24) is 4.72 Å². The topological polar surface area (TPSA) is 110 Å². The Morgan fingerprint density at radius 2 is 2.20 bits per heavy atom. The van der Waals surface area contributed by atoms with Crippen molar-refractivity contribution in [2.24, 2.45) is 0 Å². The molecule has 0 saturated heterocycles. The minimum Gasteiger partial charge on any atom is -0.395 e. The van der Waals surface area contributed by atoms with Gasteiger partial charge in [-0.3, -0.25) is 10.1 Å². The Morgan fingerprint density at radius 1 is 1.60 bits per heavy atom. The largest absolute Gasteiger partial charge is 0.395 e. The maximum atomic E-state index is 12.2. The average molecular weight is 340 g/mol. The molecule has 0 saturated carbocycles. The molecule has 1 aromatic heterocycles. The van der Waals surface area contributed by atoms with E-state index in [-0.39, 0.29) is 16.8 Å². The van der Waals surface area contributed by atoms with Crippen LogP contribution in [0.4, 0.5) is 5.00 Å². The van der Waals surface area contributed by atoms with Crippen LogP contribution < -0.4 is 4.72 Å². The van der Waals surface area contributed by atoms with Crippen molar-refractivity contribution in [2.45, 2.75) is 30.0 Å². The molecule has 1 aromatic rings. The molecule has 0 aromatic carbocycles. The van der Waals surface area contributed by atoms with E-state index in [9.17, 15) is 18.5 Å². The highest BCUT2D eigenvalue weighted by Crippen LogP contribution is 2.33. The van der Waals surface area contributed by atoms with Crippen molar-refractivity contribution in [1.29, 1.82) is 0 Å². The van der Waals surface area contributed by atoms with E-state index in [0.717, 1.165) is 11.3 Å². The summed E-state index contributed by atoms with van der Waals surface area (Å²) in [7, 11) is -3.99. The standard InChI is InChI=1S/C10H16N2O5S3/c1-6-4-9(10(19-6)12(14)15)20(16,17)11-7(2)8(5-13)18-3/h4,7-8,11,13H,5H2,1-3H3. The Hall–Kier alpha value is -0.680. The first-order valence-electron chi connectivity index (χ1n) is 5.63. The molecule has 0 aliphatic rings. The molecule has 0 aliphatic carbocycles. The maximum Gasteiger partial charge on any atom is 0.344 e. The van der Waals surface area contributed by atoms with Crippen LogP contribution in [0.15, 0.2) is 11.0 Å². The van der Waals surface area contributed by atoms with Crippen molar-refractivity contribution in [3.05, 3.63) is 21.1 Å². The first-order valence-corrected chi connectivity index (χ1v) is 9.22. The molecule has 20 heavy (non-hydrogen) atoms. The van der Waals surface area contributed by atoms with Crippen molar-refractivity contribution in [3.63, 3.8) is 0 Å². The third-order valence-electron chi connectivity index (χ3n) is 2.64. The number of aryl methyl sites for hydroxylation is 1. The zero-order valence-corrected chi connectivity index (χ0v) is 13.6. The van der Waals surface area contributed by atoms with Gasteiger partial charge < -0.3 is 5.11 Å². The van der Waals surface area contributed by atoms with E-state index in [4.69, 9.17) is 5.11 Å². The van der Waals surface area contributed by atoms with Crippen LogP contribution in [0.2, 0.25) is 0 Å². The number of hydrogen-bond donors (Lipinski definition) is 2. The molecule has 1 heterocycles. The first-order chi connectivity index (χ1) is 9.22. The molecule has 0 radical (unpaired) electrons. The van der Waals surface area contributed by atoms with E-state index in [0.29, 0.717) is 4.88 Å². The van der Waals surface area contributed by atoms with Gasteiger partial charge in [0.1, 0.15) is 0 Å². The van der Waals surface area contributed by atoms with Gasteiger partial charge in [0.25, 0.3) is 0 Å². The summed E-state index contributed by atoms with van der Waals surface area (Å²) in [6.45, 7) is 3.04. The second-order valence-corrected chi connectivity index (χ2v) is 8.14. The quantitative estimate of drug-likeness (QED) is 0.573. The lowest BCUT2D eigenvalue weighted by Gasteiger charge is -2.20. The number of thiophene rings is 1. The van der Waals surface area contributed by atoms with E-state index in [2.05, 4.69) is 4.72 Å². The normalized spacial score (nSPS) is 15.0. The Morgan fingerprint density at radius 3 is 2.65 bits per heavy atom. The number of nitrogens with zero attached hydrogens (tertiary/aromatic N) is 1. The van der Waals surface area contributed by atoms with Crippen molar-refractivity contribution in [3.8, 4) is 0 Å². The van der Waals surface area contributed by atoms with Crippen molar-refractivity contribution in [2.75, 3.05) is 12.9 Å². The van der Waals surface area contributed by atoms with Crippen LogP contribution in [-0.4, -0.2) is 42.6 Å². The molecule has 0 fully saturated rings. The summed E-state index contributed by atoms with van der Waals surface area (Å²) in [6.07, 6.45) is 1.75. The van der Waals surface area contributed by atoms with Gasteiger partial charge in [-0.15, -0.1) is 0 Å². The molecule has 1 rings (SSSR count). The van der Waals surface area contributed by atoms with Crippen LogP contribution in [-0.2, 0) is 10.0 Å². The Balaban J connectivity index is 3.09. The van der Waals surface area contributed by atoms with Gasteiger partial charge in [0, 0.05) is 16.2 Å². The second-order valence-electron chi connectivity index (χ2n) is 4.15. The van der Waals surface area contributed by atoms with Gasteiger partial charge in [-0.25, -0.2) is 13.1 Å². The summed E-state index contributed by atoms with van der Waals surface area (Å²) in [5, 5.41) is 19.3. The number of thioether (sulfide) groups is 1. The second kappa shape index (κ2) is 6.85. The summed E-state index contributed by atoms with van der Waals surface area (Å²) in [5.41, 5.74) is 0.